The van der Waals surface area contributed by atoms with Crippen LogP contribution in [0.5, 0.6) is 17.2 Å². The molecule has 0 unspecified atom stereocenters. The van der Waals surface area contributed by atoms with Gasteiger partial charge in [0, 0.05) is 19.2 Å². The molecule has 3 aromatic rings. The maximum Gasteiger partial charge on any atom is 0.272 e. The van der Waals surface area contributed by atoms with E-state index in [-0.39, 0.29) is 12.5 Å². The summed E-state index contributed by atoms with van der Waals surface area (Å²) in [5, 5.41) is 7.73. The SMILES string of the molecule is COc1ccc(C)cc1-n1ccc(C(=O)NCc2cc(Cl)c3c(c2)OCCCO3)n1. The third-order valence-corrected chi connectivity index (χ3v) is 5.00. The Balaban J connectivity index is 1.48. The van der Waals surface area contributed by atoms with E-state index in [0.717, 1.165) is 23.2 Å². The number of nitrogens with one attached hydrogen (secondary N) is 1. The van der Waals surface area contributed by atoms with Crippen molar-refractivity contribution >= 4 is 17.5 Å². The molecule has 4 rings (SSSR count). The van der Waals surface area contributed by atoms with E-state index in [0.29, 0.717) is 41.2 Å². The Hall–Kier alpha value is -3.19. The van der Waals surface area contributed by atoms with Gasteiger partial charge in [-0.2, -0.15) is 5.10 Å². The van der Waals surface area contributed by atoms with Crippen molar-refractivity contribution < 1.29 is 19.0 Å². The van der Waals surface area contributed by atoms with Crippen molar-refractivity contribution in [2.45, 2.75) is 19.9 Å². The van der Waals surface area contributed by atoms with Gasteiger partial charge in [-0.25, -0.2) is 4.68 Å². The van der Waals surface area contributed by atoms with E-state index in [2.05, 4.69) is 10.4 Å². The van der Waals surface area contributed by atoms with Crippen LogP contribution in [-0.2, 0) is 6.54 Å². The summed E-state index contributed by atoms with van der Waals surface area (Å²) in [4.78, 5) is 12.6. The topological polar surface area (TPSA) is 74.6 Å². The summed E-state index contributed by atoms with van der Waals surface area (Å²) in [6.45, 7) is 3.41. The molecule has 156 valence electrons. The molecule has 0 aliphatic carbocycles. The normalized spacial score (nSPS) is 12.9. The van der Waals surface area contributed by atoms with Crippen LogP contribution in [0.4, 0.5) is 0 Å². The monoisotopic (exact) mass is 427 g/mol. The Morgan fingerprint density at radius 3 is 2.90 bits per heavy atom. The third kappa shape index (κ3) is 4.21. The Morgan fingerprint density at radius 2 is 2.07 bits per heavy atom. The smallest absolute Gasteiger partial charge is 0.272 e. The summed E-state index contributed by atoms with van der Waals surface area (Å²) in [6.07, 6.45) is 2.53. The predicted molar refractivity (Wildman–Crippen MR) is 113 cm³/mol. The molecule has 0 saturated carbocycles. The standard InChI is InChI=1S/C22H22ClN3O4/c1-14-4-5-19(28-2)18(10-14)26-7-6-17(25-26)22(27)24-13-15-11-16(23)21-20(12-15)29-8-3-9-30-21/h4-7,10-12H,3,8-9,13H2,1-2H3,(H,24,27). The van der Waals surface area contributed by atoms with Gasteiger partial charge in [0.2, 0.25) is 0 Å². The summed E-state index contributed by atoms with van der Waals surface area (Å²) in [5.74, 6) is 1.54. The Morgan fingerprint density at radius 1 is 1.23 bits per heavy atom. The first kappa shape index (κ1) is 20.1. The van der Waals surface area contributed by atoms with Gasteiger partial charge in [-0.1, -0.05) is 17.7 Å². The van der Waals surface area contributed by atoms with Crippen molar-refractivity contribution in [1.82, 2.24) is 15.1 Å². The quantitative estimate of drug-likeness (QED) is 0.667. The van der Waals surface area contributed by atoms with Gasteiger partial charge in [-0.3, -0.25) is 4.79 Å². The van der Waals surface area contributed by atoms with Crippen LogP contribution in [0.2, 0.25) is 5.02 Å². The zero-order valence-electron chi connectivity index (χ0n) is 16.8. The highest BCUT2D eigenvalue weighted by atomic mass is 35.5. The van der Waals surface area contributed by atoms with Crippen LogP contribution in [0.1, 0.15) is 28.0 Å². The number of benzene rings is 2. The lowest BCUT2D eigenvalue weighted by Crippen LogP contribution is -2.23. The maximum atomic E-state index is 12.6. The van der Waals surface area contributed by atoms with Crippen molar-refractivity contribution in [2.24, 2.45) is 0 Å². The Labute approximate surface area is 179 Å². The van der Waals surface area contributed by atoms with Gasteiger partial charge >= 0.3 is 0 Å². The summed E-state index contributed by atoms with van der Waals surface area (Å²) in [5.41, 5.74) is 2.96. The van der Waals surface area contributed by atoms with Gasteiger partial charge in [0.05, 0.1) is 25.3 Å². The second-order valence-corrected chi connectivity index (χ2v) is 7.37. The second kappa shape index (κ2) is 8.67. The first-order chi connectivity index (χ1) is 14.5. The molecule has 30 heavy (non-hydrogen) atoms. The maximum absolute atomic E-state index is 12.6. The Bertz CT molecular complexity index is 1080. The summed E-state index contributed by atoms with van der Waals surface area (Å²) in [6, 6.07) is 11.1. The highest BCUT2D eigenvalue weighted by Crippen LogP contribution is 2.38. The minimum Gasteiger partial charge on any atom is -0.494 e. The molecule has 1 aromatic heterocycles. The average molecular weight is 428 g/mol. The number of aryl methyl sites for hydroxylation is 1. The van der Waals surface area contributed by atoms with Crippen molar-refractivity contribution in [3.63, 3.8) is 0 Å². The van der Waals surface area contributed by atoms with E-state index in [1.165, 1.54) is 0 Å². The van der Waals surface area contributed by atoms with Crippen LogP contribution in [0, 0.1) is 6.92 Å². The van der Waals surface area contributed by atoms with E-state index < -0.39 is 0 Å². The number of carbonyl (C=O) groups is 1. The van der Waals surface area contributed by atoms with E-state index in [4.69, 9.17) is 25.8 Å². The van der Waals surface area contributed by atoms with Crippen LogP contribution in [-0.4, -0.2) is 36.0 Å². The van der Waals surface area contributed by atoms with Gasteiger partial charge in [0.1, 0.15) is 11.4 Å². The summed E-state index contributed by atoms with van der Waals surface area (Å²) >= 11 is 6.32. The van der Waals surface area contributed by atoms with E-state index in [1.807, 2.05) is 31.2 Å². The summed E-state index contributed by atoms with van der Waals surface area (Å²) < 4.78 is 18.4. The Kier molecular flexibility index (Phi) is 5.81. The fraction of sp³-hybridized carbons (Fsp3) is 0.273. The van der Waals surface area contributed by atoms with Gasteiger partial charge in [0.15, 0.2) is 17.2 Å². The molecule has 7 nitrogen and oxygen atoms in total. The lowest BCUT2D eigenvalue weighted by Gasteiger charge is -2.12. The van der Waals surface area contributed by atoms with E-state index in [1.54, 1.807) is 30.1 Å². The van der Waals surface area contributed by atoms with Crippen LogP contribution in [0.25, 0.3) is 5.69 Å². The second-order valence-electron chi connectivity index (χ2n) is 6.96. The highest BCUT2D eigenvalue weighted by molar-refractivity contribution is 6.32. The minimum absolute atomic E-state index is 0.288. The van der Waals surface area contributed by atoms with Gasteiger partial charge in [0.25, 0.3) is 5.91 Å². The molecular weight excluding hydrogens is 406 g/mol. The fourth-order valence-electron chi connectivity index (χ4n) is 3.22. The number of nitrogens with zero attached hydrogens (tertiary/aromatic N) is 2. The number of halogens is 1. The molecular formula is C22H22ClN3O4. The zero-order chi connectivity index (χ0) is 21.1. The van der Waals surface area contributed by atoms with Crippen molar-refractivity contribution in [3.8, 4) is 22.9 Å². The zero-order valence-corrected chi connectivity index (χ0v) is 17.5. The summed E-state index contributed by atoms with van der Waals surface area (Å²) in [7, 11) is 1.60. The van der Waals surface area contributed by atoms with Gasteiger partial charge in [-0.15, -0.1) is 0 Å². The molecule has 1 aliphatic rings. The predicted octanol–water partition coefficient (Wildman–Crippen LogP) is 3.93. The number of hydrogen-bond acceptors (Lipinski definition) is 5. The molecule has 0 atom stereocenters. The molecule has 0 bridgehead atoms. The molecule has 8 heteroatoms. The lowest BCUT2D eigenvalue weighted by atomic mass is 10.2. The average Bonchev–Trinajstić information content (AvgIpc) is 3.11. The largest absolute Gasteiger partial charge is 0.494 e. The van der Waals surface area contributed by atoms with E-state index in [9.17, 15) is 4.79 Å². The molecule has 1 N–H and O–H groups in total. The first-order valence-corrected chi connectivity index (χ1v) is 10.00. The lowest BCUT2D eigenvalue weighted by molar-refractivity contribution is 0.0945. The number of carbonyl (C=O) groups excluding carboxylic acids is 1. The van der Waals surface area contributed by atoms with Crippen molar-refractivity contribution in [3.05, 3.63) is 64.4 Å². The molecule has 0 fully saturated rings. The third-order valence-electron chi connectivity index (χ3n) is 4.72. The number of hydrogen-bond donors (Lipinski definition) is 1. The molecule has 1 amide bonds. The van der Waals surface area contributed by atoms with Crippen LogP contribution < -0.4 is 19.5 Å². The van der Waals surface area contributed by atoms with Gasteiger partial charge in [-0.05, 0) is 48.4 Å². The molecule has 0 radical (unpaired) electrons. The number of rotatable bonds is 5. The van der Waals surface area contributed by atoms with Crippen LogP contribution >= 0.6 is 11.6 Å². The number of ether oxygens (including phenoxy) is 3. The van der Waals surface area contributed by atoms with Crippen LogP contribution in [0.15, 0.2) is 42.6 Å². The molecule has 2 heterocycles. The van der Waals surface area contributed by atoms with E-state index >= 15 is 0 Å². The molecule has 0 spiro atoms. The fourth-order valence-corrected chi connectivity index (χ4v) is 3.51. The minimum atomic E-state index is -0.288. The van der Waals surface area contributed by atoms with Gasteiger partial charge < -0.3 is 19.5 Å². The molecule has 1 aliphatic heterocycles. The highest BCUT2D eigenvalue weighted by Gasteiger charge is 2.17. The first-order valence-electron chi connectivity index (χ1n) is 9.62. The number of aromatic nitrogens is 2. The number of fused-ring (bicyclic) bond motifs is 1. The molecule has 0 saturated heterocycles. The van der Waals surface area contributed by atoms with Crippen LogP contribution in [0.3, 0.4) is 0 Å². The van der Waals surface area contributed by atoms with Crippen molar-refractivity contribution in [1.29, 1.82) is 0 Å². The van der Waals surface area contributed by atoms with Crippen molar-refractivity contribution in [2.75, 3.05) is 20.3 Å². The number of amides is 1. The number of methoxy groups -OCH3 is 1. The molecule has 2 aromatic carbocycles.